The van der Waals surface area contributed by atoms with Crippen molar-refractivity contribution < 1.29 is 9.84 Å². The van der Waals surface area contributed by atoms with Gasteiger partial charge in [0.05, 0.1) is 11.2 Å². The van der Waals surface area contributed by atoms with Gasteiger partial charge in [0.25, 0.3) is 0 Å². The van der Waals surface area contributed by atoms with Crippen molar-refractivity contribution in [2.45, 2.75) is 75.9 Å². The lowest BCUT2D eigenvalue weighted by Crippen LogP contribution is -2.77. The molecule has 126 valence electrons. The fourth-order valence-electron chi connectivity index (χ4n) is 11.5. The van der Waals surface area contributed by atoms with Gasteiger partial charge in [0, 0.05) is 17.4 Å². The van der Waals surface area contributed by atoms with Crippen molar-refractivity contribution >= 4 is 0 Å². The Labute approximate surface area is 139 Å². The lowest BCUT2D eigenvalue weighted by molar-refractivity contribution is -0.340. The average Bonchev–Trinajstić information content (AvgIpc) is 3.21. The van der Waals surface area contributed by atoms with E-state index in [9.17, 15) is 5.11 Å². The van der Waals surface area contributed by atoms with Crippen LogP contribution in [0.15, 0.2) is 0 Å². The molecule has 10 atom stereocenters. The summed E-state index contributed by atoms with van der Waals surface area (Å²) in [5.74, 6) is 4.94. The Morgan fingerprint density at radius 3 is 2.48 bits per heavy atom. The maximum absolute atomic E-state index is 12.2. The molecule has 0 aromatic rings. The summed E-state index contributed by atoms with van der Waals surface area (Å²) in [6, 6.07) is 0. The monoisotopic (exact) mass is 314 g/mol. The van der Waals surface area contributed by atoms with Crippen LogP contribution in [-0.2, 0) is 4.74 Å². The first kappa shape index (κ1) is 13.2. The molecule has 1 saturated heterocycles. The van der Waals surface area contributed by atoms with Crippen molar-refractivity contribution in [1.82, 2.24) is 0 Å². The predicted octanol–water partition coefficient (Wildman–Crippen LogP) is 3.77. The fraction of sp³-hybridized carbons (Fsp3) is 1.00. The van der Waals surface area contributed by atoms with Crippen molar-refractivity contribution in [1.29, 1.82) is 0 Å². The van der Waals surface area contributed by atoms with Gasteiger partial charge in [0.2, 0.25) is 0 Å². The second-order valence-corrected chi connectivity index (χ2v) is 10.3. The van der Waals surface area contributed by atoms with Crippen LogP contribution in [0, 0.1) is 46.3 Å². The molecule has 3 spiro atoms. The second kappa shape index (κ2) is 3.43. The van der Waals surface area contributed by atoms with Gasteiger partial charge in [-0.05, 0) is 80.5 Å². The van der Waals surface area contributed by atoms with Crippen LogP contribution in [0.25, 0.3) is 0 Å². The van der Waals surface area contributed by atoms with Crippen molar-refractivity contribution in [3.05, 3.63) is 0 Å². The lowest BCUT2D eigenvalue weighted by Gasteiger charge is -2.73. The SMILES string of the molecule is CCCC1(O)[C@H]2[C@@H]3[C@H]4C[C@@H]2C2C4C4(CCCC214)C31CCCCO1. The van der Waals surface area contributed by atoms with E-state index in [-0.39, 0.29) is 16.6 Å². The number of ether oxygens (including phenoxy) is 1. The highest BCUT2D eigenvalue weighted by Gasteiger charge is 3.01. The summed E-state index contributed by atoms with van der Waals surface area (Å²) in [4.78, 5) is 0. The highest BCUT2D eigenvalue weighted by molar-refractivity contribution is 5.49. The molecule has 6 aliphatic carbocycles. The van der Waals surface area contributed by atoms with E-state index in [1.807, 2.05) is 0 Å². The normalized spacial score (nSPS) is 72.3. The van der Waals surface area contributed by atoms with Crippen LogP contribution in [-0.4, -0.2) is 22.9 Å². The summed E-state index contributed by atoms with van der Waals surface area (Å²) in [6.07, 6.45) is 11.7. The van der Waals surface area contributed by atoms with Gasteiger partial charge in [-0.2, -0.15) is 0 Å². The smallest absolute Gasteiger partial charge is 0.0782 e. The zero-order valence-corrected chi connectivity index (χ0v) is 14.4. The van der Waals surface area contributed by atoms with Crippen LogP contribution in [0.3, 0.4) is 0 Å². The minimum absolute atomic E-state index is 0.198. The van der Waals surface area contributed by atoms with Crippen LogP contribution in [0.5, 0.6) is 0 Å². The first-order chi connectivity index (χ1) is 11.2. The van der Waals surface area contributed by atoms with E-state index in [4.69, 9.17) is 4.74 Å². The van der Waals surface area contributed by atoms with E-state index in [1.165, 1.54) is 44.9 Å². The third-order valence-corrected chi connectivity index (χ3v) is 10.8. The Kier molecular flexibility index (Phi) is 1.96. The summed E-state index contributed by atoms with van der Waals surface area (Å²) in [6.45, 7) is 3.29. The third kappa shape index (κ3) is 0.854. The summed E-state index contributed by atoms with van der Waals surface area (Å²) in [7, 11) is 0. The summed E-state index contributed by atoms with van der Waals surface area (Å²) in [5.41, 5.74) is 0.538. The van der Waals surface area contributed by atoms with Gasteiger partial charge in [-0.1, -0.05) is 19.8 Å². The minimum atomic E-state index is -0.327. The van der Waals surface area contributed by atoms with Gasteiger partial charge in [-0.25, -0.2) is 0 Å². The van der Waals surface area contributed by atoms with E-state index in [0.29, 0.717) is 11.3 Å². The first-order valence-corrected chi connectivity index (χ1v) is 10.6. The van der Waals surface area contributed by atoms with Crippen LogP contribution < -0.4 is 0 Å². The maximum Gasteiger partial charge on any atom is 0.0782 e. The van der Waals surface area contributed by atoms with Gasteiger partial charge in [-0.15, -0.1) is 0 Å². The molecular formula is C21H30O2. The van der Waals surface area contributed by atoms with Gasteiger partial charge >= 0.3 is 0 Å². The van der Waals surface area contributed by atoms with Gasteiger partial charge < -0.3 is 9.84 Å². The molecule has 1 heterocycles. The quantitative estimate of drug-likeness (QED) is 0.841. The molecule has 7 aliphatic rings. The van der Waals surface area contributed by atoms with Crippen molar-refractivity contribution in [2.75, 3.05) is 6.61 Å². The molecule has 2 bridgehead atoms. The molecule has 2 nitrogen and oxygen atoms in total. The molecule has 7 fully saturated rings. The zero-order chi connectivity index (χ0) is 15.2. The van der Waals surface area contributed by atoms with E-state index in [1.54, 1.807) is 0 Å². The number of hydrogen-bond donors (Lipinski definition) is 1. The largest absolute Gasteiger partial charge is 0.389 e. The standard InChI is InChI=1S/C21H30O2/c1-2-6-20(22)16-12-11-13-15-14(12)18(20)7-5-8-19(15,18)21(17(13)16)9-3-4-10-23-21/h12-17,22H,2-11H2,1H3/t12-,13+,14?,15?,16-,17+,18?,19?,20?,21?/m1/s1. The van der Waals surface area contributed by atoms with E-state index < -0.39 is 0 Å². The lowest BCUT2D eigenvalue weighted by atomic mass is 9.34. The first-order valence-electron chi connectivity index (χ1n) is 10.6. The Morgan fingerprint density at radius 1 is 0.913 bits per heavy atom. The fourth-order valence-corrected chi connectivity index (χ4v) is 11.5. The zero-order valence-electron chi connectivity index (χ0n) is 14.4. The number of hydrogen-bond acceptors (Lipinski definition) is 2. The molecule has 0 radical (unpaired) electrons. The molecule has 0 aromatic carbocycles. The summed E-state index contributed by atoms with van der Waals surface area (Å²) < 4.78 is 6.85. The van der Waals surface area contributed by atoms with Crippen LogP contribution >= 0.6 is 0 Å². The molecule has 7 rings (SSSR count). The molecule has 6 unspecified atom stereocenters. The van der Waals surface area contributed by atoms with Gasteiger partial charge in [-0.3, -0.25) is 0 Å². The highest BCUT2D eigenvalue weighted by Crippen LogP contribution is 3.00. The molecule has 1 N–H and O–H groups in total. The van der Waals surface area contributed by atoms with Crippen molar-refractivity contribution in [3.8, 4) is 0 Å². The average molecular weight is 314 g/mol. The summed E-state index contributed by atoms with van der Waals surface area (Å²) >= 11 is 0. The molecule has 23 heavy (non-hydrogen) atoms. The Bertz CT molecular complexity index is 609. The van der Waals surface area contributed by atoms with E-state index in [2.05, 4.69) is 6.92 Å². The predicted molar refractivity (Wildman–Crippen MR) is 86.7 cm³/mol. The molecule has 0 amide bonds. The van der Waals surface area contributed by atoms with E-state index >= 15 is 0 Å². The van der Waals surface area contributed by atoms with Crippen molar-refractivity contribution in [3.63, 3.8) is 0 Å². The number of aliphatic hydroxyl groups is 1. The van der Waals surface area contributed by atoms with Gasteiger partial charge in [0.1, 0.15) is 0 Å². The van der Waals surface area contributed by atoms with Crippen LogP contribution in [0.4, 0.5) is 0 Å². The molecule has 1 aliphatic heterocycles. The van der Waals surface area contributed by atoms with Gasteiger partial charge in [0.15, 0.2) is 0 Å². The molecular weight excluding hydrogens is 284 g/mol. The highest BCUT2D eigenvalue weighted by atomic mass is 16.5. The Hall–Kier alpha value is -0.0800. The van der Waals surface area contributed by atoms with Crippen molar-refractivity contribution in [2.24, 2.45) is 46.3 Å². The molecule has 6 saturated carbocycles. The van der Waals surface area contributed by atoms with E-state index in [0.717, 1.165) is 49.0 Å². The molecule has 0 aromatic heterocycles. The summed E-state index contributed by atoms with van der Waals surface area (Å²) in [5, 5.41) is 12.2. The Morgan fingerprint density at radius 2 is 1.70 bits per heavy atom. The second-order valence-electron chi connectivity index (χ2n) is 10.3. The van der Waals surface area contributed by atoms with Crippen LogP contribution in [0.1, 0.15) is 64.7 Å². The van der Waals surface area contributed by atoms with Crippen LogP contribution in [0.2, 0.25) is 0 Å². The number of fused-ring (bicyclic) bond motifs is 2. The third-order valence-electron chi connectivity index (χ3n) is 10.8. The molecule has 2 heteroatoms. The Balaban J connectivity index is 1.53. The maximum atomic E-state index is 12.2. The number of rotatable bonds is 2. The topological polar surface area (TPSA) is 29.5 Å². The minimum Gasteiger partial charge on any atom is -0.389 e.